The molecular formula is C18H25N3S+2. The molecule has 1 fully saturated rings. The third kappa shape index (κ3) is 4.32. The fourth-order valence-corrected chi connectivity index (χ4v) is 3.54. The maximum absolute atomic E-state index is 4.09. The molecule has 3 rings (SSSR count). The molecule has 2 aromatic rings. The maximum atomic E-state index is 4.09. The first-order valence-corrected chi connectivity index (χ1v) is 9.25. The van der Waals surface area contributed by atoms with Crippen molar-refractivity contribution >= 4 is 11.8 Å². The van der Waals surface area contributed by atoms with E-state index >= 15 is 0 Å². The summed E-state index contributed by atoms with van der Waals surface area (Å²) in [5.74, 6) is 0. The van der Waals surface area contributed by atoms with Crippen molar-refractivity contribution in [3.05, 3.63) is 59.9 Å². The molecule has 0 saturated carbocycles. The fourth-order valence-electron chi connectivity index (χ4n) is 3.13. The lowest BCUT2D eigenvalue weighted by Gasteiger charge is -2.29. The molecule has 4 heteroatoms. The van der Waals surface area contributed by atoms with Gasteiger partial charge in [-0.05, 0) is 30.5 Å². The third-order valence-corrected chi connectivity index (χ3v) is 5.22. The summed E-state index contributed by atoms with van der Waals surface area (Å²) >= 11 is 1.81. The summed E-state index contributed by atoms with van der Waals surface area (Å²) in [5.41, 5.74) is 2.87. The van der Waals surface area contributed by atoms with Gasteiger partial charge in [0.05, 0.1) is 0 Å². The Labute approximate surface area is 137 Å². The maximum Gasteiger partial charge on any atom is 0.127 e. The van der Waals surface area contributed by atoms with E-state index in [4.69, 9.17) is 0 Å². The minimum Gasteiger partial charge on any atom is -0.322 e. The number of nitrogens with one attached hydrogen (secondary N) is 2. The van der Waals surface area contributed by atoms with Gasteiger partial charge in [-0.1, -0.05) is 12.1 Å². The summed E-state index contributed by atoms with van der Waals surface area (Å²) in [4.78, 5) is 8.87. The van der Waals surface area contributed by atoms with Gasteiger partial charge in [-0.3, -0.25) is 4.98 Å². The molecule has 1 aromatic heterocycles. The summed E-state index contributed by atoms with van der Waals surface area (Å²) in [6.45, 7) is 7.37. The van der Waals surface area contributed by atoms with Crippen LogP contribution in [0.3, 0.4) is 0 Å². The van der Waals surface area contributed by atoms with Gasteiger partial charge in [-0.2, -0.15) is 0 Å². The van der Waals surface area contributed by atoms with Gasteiger partial charge in [0.15, 0.2) is 0 Å². The van der Waals surface area contributed by atoms with Crippen LogP contribution in [0.5, 0.6) is 0 Å². The van der Waals surface area contributed by atoms with Crippen LogP contribution in [0.2, 0.25) is 0 Å². The van der Waals surface area contributed by atoms with Crippen LogP contribution >= 0.6 is 11.8 Å². The number of pyridine rings is 1. The number of piperazine rings is 1. The van der Waals surface area contributed by atoms with E-state index in [9.17, 15) is 0 Å². The number of aromatic nitrogens is 1. The fraction of sp³-hybridized carbons (Fsp3) is 0.389. The van der Waals surface area contributed by atoms with Crippen molar-refractivity contribution < 1.29 is 9.80 Å². The molecule has 1 aromatic carbocycles. The van der Waals surface area contributed by atoms with E-state index in [0.29, 0.717) is 0 Å². The Balaban J connectivity index is 1.47. The monoisotopic (exact) mass is 315 g/mol. The van der Waals surface area contributed by atoms with E-state index in [-0.39, 0.29) is 0 Å². The van der Waals surface area contributed by atoms with E-state index in [0.717, 1.165) is 13.1 Å². The quantitative estimate of drug-likeness (QED) is 0.774. The van der Waals surface area contributed by atoms with Gasteiger partial charge in [0.2, 0.25) is 0 Å². The van der Waals surface area contributed by atoms with Crippen LogP contribution in [0.15, 0.2) is 53.7 Å². The Bertz CT molecular complexity index is 563. The Morgan fingerprint density at radius 3 is 1.82 bits per heavy atom. The van der Waals surface area contributed by atoms with Gasteiger partial charge in [0.1, 0.15) is 39.3 Å². The minimum atomic E-state index is 1.14. The lowest BCUT2D eigenvalue weighted by molar-refractivity contribution is -1.02. The molecule has 1 saturated heterocycles. The predicted molar refractivity (Wildman–Crippen MR) is 91.3 cm³/mol. The molecule has 0 aliphatic carbocycles. The molecule has 1 aliphatic heterocycles. The highest BCUT2D eigenvalue weighted by molar-refractivity contribution is 7.98. The number of benzene rings is 1. The SMILES string of the molecule is CSc1ccc(C[NH+]2CC[NH+](Cc3ccncc3)CC2)cc1. The summed E-state index contributed by atoms with van der Waals surface area (Å²) in [7, 11) is 0. The lowest BCUT2D eigenvalue weighted by Crippen LogP contribution is -3.27. The average molecular weight is 315 g/mol. The Kier molecular flexibility index (Phi) is 5.48. The second kappa shape index (κ2) is 7.77. The first-order chi connectivity index (χ1) is 10.8. The minimum absolute atomic E-state index is 1.14. The van der Waals surface area contributed by atoms with E-state index in [1.54, 1.807) is 9.80 Å². The largest absolute Gasteiger partial charge is 0.322 e. The first kappa shape index (κ1) is 15.5. The van der Waals surface area contributed by atoms with Crippen LogP contribution in [-0.2, 0) is 13.1 Å². The van der Waals surface area contributed by atoms with Gasteiger partial charge in [-0.25, -0.2) is 0 Å². The van der Waals surface area contributed by atoms with Gasteiger partial charge < -0.3 is 9.80 Å². The zero-order chi connectivity index (χ0) is 15.2. The highest BCUT2D eigenvalue weighted by Gasteiger charge is 2.22. The molecule has 0 bridgehead atoms. The van der Waals surface area contributed by atoms with Gasteiger partial charge >= 0.3 is 0 Å². The van der Waals surface area contributed by atoms with Crippen molar-refractivity contribution in [2.45, 2.75) is 18.0 Å². The molecular weight excluding hydrogens is 290 g/mol. The molecule has 0 unspecified atom stereocenters. The van der Waals surface area contributed by atoms with Gasteiger partial charge in [0.25, 0.3) is 0 Å². The number of hydrogen-bond acceptors (Lipinski definition) is 2. The van der Waals surface area contributed by atoms with Crippen molar-refractivity contribution in [2.75, 3.05) is 32.4 Å². The molecule has 0 radical (unpaired) electrons. The second-order valence-electron chi connectivity index (χ2n) is 6.06. The Hall–Kier alpha value is -1.36. The number of quaternary nitrogens is 2. The summed E-state index contributed by atoms with van der Waals surface area (Å²) < 4.78 is 0. The predicted octanol–water partition coefficient (Wildman–Crippen LogP) is 0.287. The Morgan fingerprint density at radius 1 is 0.818 bits per heavy atom. The van der Waals surface area contributed by atoms with Crippen molar-refractivity contribution in [1.29, 1.82) is 0 Å². The molecule has 1 aliphatic rings. The molecule has 2 heterocycles. The van der Waals surface area contributed by atoms with Crippen molar-refractivity contribution in [2.24, 2.45) is 0 Å². The Morgan fingerprint density at radius 2 is 1.32 bits per heavy atom. The average Bonchev–Trinajstić information content (AvgIpc) is 2.58. The van der Waals surface area contributed by atoms with Crippen molar-refractivity contribution in [1.82, 2.24) is 4.98 Å². The zero-order valence-electron chi connectivity index (χ0n) is 13.2. The third-order valence-electron chi connectivity index (χ3n) is 4.48. The van der Waals surface area contributed by atoms with Gasteiger partial charge in [0, 0.05) is 28.4 Å². The van der Waals surface area contributed by atoms with Crippen LogP contribution in [-0.4, -0.2) is 37.4 Å². The van der Waals surface area contributed by atoms with Crippen LogP contribution in [0.1, 0.15) is 11.1 Å². The van der Waals surface area contributed by atoms with E-state index < -0.39 is 0 Å². The van der Waals surface area contributed by atoms with Crippen LogP contribution in [0.25, 0.3) is 0 Å². The van der Waals surface area contributed by atoms with Crippen LogP contribution < -0.4 is 9.80 Å². The van der Waals surface area contributed by atoms with Crippen LogP contribution in [0, 0.1) is 0 Å². The normalized spacial score (nSPS) is 21.7. The molecule has 116 valence electrons. The molecule has 0 spiro atoms. The number of hydrogen-bond donors (Lipinski definition) is 2. The van der Waals surface area contributed by atoms with Crippen LogP contribution in [0.4, 0.5) is 0 Å². The van der Waals surface area contributed by atoms with Crippen molar-refractivity contribution in [3.63, 3.8) is 0 Å². The first-order valence-electron chi connectivity index (χ1n) is 8.02. The standard InChI is InChI=1S/C18H23N3S/c1-22-18-4-2-16(3-5-18)14-20-10-12-21(13-11-20)15-17-6-8-19-9-7-17/h2-9H,10-15H2,1H3/p+2. The summed E-state index contributed by atoms with van der Waals surface area (Å²) in [5, 5.41) is 0. The summed E-state index contributed by atoms with van der Waals surface area (Å²) in [6, 6.07) is 13.3. The molecule has 2 N–H and O–H groups in total. The highest BCUT2D eigenvalue weighted by atomic mass is 32.2. The van der Waals surface area contributed by atoms with E-state index in [2.05, 4.69) is 47.6 Å². The topological polar surface area (TPSA) is 21.8 Å². The lowest BCUT2D eigenvalue weighted by atomic mass is 10.2. The second-order valence-corrected chi connectivity index (χ2v) is 6.94. The highest BCUT2D eigenvalue weighted by Crippen LogP contribution is 2.14. The van der Waals surface area contributed by atoms with Gasteiger partial charge in [-0.15, -0.1) is 11.8 Å². The number of thioether (sulfide) groups is 1. The number of rotatable bonds is 5. The zero-order valence-corrected chi connectivity index (χ0v) is 14.0. The van der Waals surface area contributed by atoms with Crippen molar-refractivity contribution in [3.8, 4) is 0 Å². The molecule has 0 amide bonds. The van der Waals surface area contributed by atoms with E-state index in [1.165, 1.54) is 42.2 Å². The molecule has 3 nitrogen and oxygen atoms in total. The molecule has 22 heavy (non-hydrogen) atoms. The number of nitrogens with zero attached hydrogens (tertiary/aromatic N) is 1. The summed E-state index contributed by atoms with van der Waals surface area (Å²) in [6.07, 6.45) is 5.92. The smallest absolute Gasteiger partial charge is 0.127 e. The molecule has 0 atom stereocenters. The van der Waals surface area contributed by atoms with E-state index in [1.807, 2.05) is 24.2 Å².